The molecule has 1 fully saturated rings. The van der Waals surface area contributed by atoms with Gasteiger partial charge in [-0.15, -0.1) is 0 Å². The van der Waals surface area contributed by atoms with Gasteiger partial charge in [0.2, 0.25) is 5.91 Å². The number of aliphatic hydroxyl groups excluding tert-OH is 1. The van der Waals surface area contributed by atoms with Crippen molar-refractivity contribution in [2.75, 3.05) is 18.1 Å². The average molecular weight is 560 g/mol. The Balaban J connectivity index is 1.55. The Kier molecular flexibility index (Phi) is 7.21. The van der Waals surface area contributed by atoms with E-state index in [1.807, 2.05) is 48.5 Å². The van der Waals surface area contributed by atoms with Crippen molar-refractivity contribution in [3.8, 4) is 0 Å². The van der Waals surface area contributed by atoms with Crippen LogP contribution in [0.15, 0.2) is 60.7 Å². The molecule has 7 heteroatoms. The Morgan fingerprint density at radius 2 is 2.03 bits per heavy atom. The maximum atomic E-state index is 13.6. The lowest BCUT2D eigenvalue weighted by Crippen LogP contribution is -2.44. The van der Waals surface area contributed by atoms with Gasteiger partial charge in [-0.05, 0) is 59.2 Å². The summed E-state index contributed by atoms with van der Waals surface area (Å²) in [5.74, 6) is -0.921. The van der Waals surface area contributed by atoms with Gasteiger partial charge in [-0.2, -0.15) is 0 Å². The van der Waals surface area contributed by atoms with E-state index in [-0.39, 0.29) is 30.9 Å². The molecular formula is C26H29IN2O4. The first-order valence-corrected chi connectivity index (χ1v) is 12.4. The average Bonchev–Trinajstić information content (AvgIpc) is 3.38. The van der Waals surface area contributed by atoms with Gasteiger partial charge in [0.1, 0.15) is 0 Å². The smallest absolute Gasteiger partial charge is 0.264 e. The number of hydrogen-bond donors (Lipinski definition) is 2. The van der Waals surface area contributed by atoms with E-state index in [1.54, 1.807) is 28.9 Å². The van der Waals surface area contributed by atoms with Crippen molar-refractivity contribution < 1.29 is 19.8 Å². The van der Waals surface area contributed by atoms with Crippen LogP contribution in [0.1, 0.15) is 37.3 Å². The third-order valence-electron chi connectivity index (χ3n) is 6.70. The predicted octanol–water partition coefficient (Wildman–Crippen LogP) is 3.59. The summed E-state index contributed by atoms with van der Waals surface area (Å²) in [7, 11) is 0. The number of hydrogen-bond acceptors (Lipinski definition) is 4. The molecule has 2 heterocycles. The molecule has 0 saturated carbocycles. The molecule has 4 rings (SSSR count). The van der Waals surface area contributed by atoms with E-state index >= 15 is 0 Å². The van der Waals surface area contributed by atoms with Crippen molar-refractivity contribution in [3.05, 3.63) is 75.4 Å². The molecule has 2 aromatic rings. The summed E-state index contributed by atoms with van der Waals surface area (Å²) in [4.78, 5) is 29.5. The minimum absolute atomic E-state index is 0.0211. The van der Waals surface area contributed by atoms with Crippen molar-refractivity contribution >= 4 is 40.1 Å². The van der Waals surface area contributed by atoms with E-state index in [4.69, 9.17) is 0 Å². The highest BCUT2D eigenvalue weighted by Crippen LogP contribution is 2.46. The van der Waals surface area contributed by atoms with Gasteiger partial charge < -0.3 is 20.0 Å². The zero-order chi connectivity index (χ0) is 23.6. The number of rotatable bonds is 7. The van der Waals surface area contributed by atoms with E-state index in [9.17, 15) is 19.8 Å². The van der Waals surface area contributed by atoms with Crippen LogP contribution in [0, 0.1) is 9.49 Å². The van der Waals surface area contributed by atoms with Crippen molar-refractivity contribution in [3.63, 3.8) is 0 Å². The number of halogens is 1. The molecule has 2 aliphatic heterocycles. The molecule has 0 bridgehead atoms. The van der Waals surface area contributed by atoms with Crippen LogP contribution < -0.4 is 4.90 Å². The first kappa shape index (κ1) is 23.9. The molecule has 174 valence electrons. The highest BCUT2D eigenvalue weighted by Gasteiger charge is 2.52. The molecule has 6 nitrogen and oxygen atoms in total. The van der Waals surface area contributed by atoms with Crippen molar-refractivity contribution in [2.45, 2.75) is 44.4 Å². The second-order valence-electron chi connectivity index (χ2n) is 8.79. The van der Waals surface area contributed by atoms with Gasteiger partial charge in [0.25, 0.3) is 5.91 Å². The molecule has 0 unspecified atom stereocenters. The van der Waals surface area contributed by atoms with Crippen molar-refractivity contribution in [1.82, 2.24) is 4.90 Å². The summed E-state index contributed by atoms with van der Waals surface area (Å²) >= 11 is 2.19. The third-order valence-corrected chi connectivity index (χ3v) is 7.37. The molecule has 2 aliphatic rings. The number of amides is 2. The zero-order valence-corrected chi connectivity index (χ0v) is 20.8. The normalized spacial score (nSPS) is 23.4. The molecule has 1 saturated heterocycles. The number of likely N-dealkylation sites (tertiary alicyclic amines) is 1. The molecule has 0 aromatic heterocycles. The lowest BCUT2D eigenvalue weighted by Gasteiger charge is -2.28. The summed E-state index contributed by atoms with van der Waals surface area (Å²) in [6.07, 6.45) is 5.40. The predicted molar refractivity (Wildman–Crippen MR) is 135 cm³/mol. The van der Waals surface area contributed by atoms with E-state index in [0.717, 1.165) is 22.0 Å². The summed E-state index contributed by atoms with van der Waals surface area (Å²) in [6.45, 7) is 2.83. The lowest BCUT2D eigenvalue weighted by molar-refractivity contribution is -0.139. The number of nitrogens with zero attached hydrogens (tertiary/aromatic N) is 2. The number of aliphatic hydroxyl groups is 2. The van der Waals surface area contributed by atoms with Crippen LogP contribution in [0.5, 0.6) is 0 Å². The van der Waals surface area contributed by atoms with E-state index in [1.165, 1.54) is 0 Å². The van der Waals surface area contributed by atoms with Gasteiger partial charge in [0.15, 0.2) is 5.60 Å². The SMILES string of the molecule is C[C@H](/C=C/CC(=O)N1CCC[C@H]1CO)[C@@]1(O)C(=O)N(Cc2ccccc2)c2ccc(I)cc21. The second kappa shape index (κ2) is 9.95. The maximum absolute atomic E-state index is 13.6. The van der Waals surface area contributed by atoms with Crippen molar-refractivity contribution in [2.24, 2.45) is 5.92 Å². The van der Waals surface area contributed by atoms with E-state index in [2.05, 4.69) is 22.6 Å². The highest BCUT2D eigenvalue weighted by atomic mass is 127. The van der Waals surface area contributed by atoms with Crippen LogP contribution in [-0.2, 0) is 21.7 Å². The largest absolute Gasteiger partial charge is 0.394 e. The molecular weight excluding hydrogens is 531 g/mol. The Hall–Kier alpha value is -2.23. The summed E-state index contributed by atoms with van der Waals surface area (Å²) < 4.78 is 0.939. The molecule has 33 heavy (non-hydrogen) atoms. The fraction of sp³-hybridized carbons (Fsp3) is 0.385. The summed E-state index contributed by atoms with van der Waals surface area (Å²) in [5, 5.41) is 21.2. The van der Waals surface area contributed by atoms with Crippen LogP contribution in [0.3, 0.4) is 0 Å². The molecule has 0 radical (unpaired) electrons. The minimum Gasteiger partial charge on any atom is -0.394 e. The van der Waals surface area contributed by atoms with Gasteiger partial charge in [-0.1, -0.05) is 49.4 Å². The van der Waals surface area contributed by atoms with Crippen LogP contribution in [0.2, 0.25) is 0 Å². The number of fused-ring (bicyclic) bond motifs is 1. The molecule has 2 amide bonds. The minimum atomic E-state index is -1.70. The highest BCUT2D eigenvalue weighted by molar-refractivity contribution is 14.1. The monoisotopic (exact) mass is 560 g/mol. The number of anilines is 1. The number of carbonyl (C=O) groups is 2. The van der Waals surface area contributed by atoms with E-state index < -0.39 is 11.5 Å². The zero-order valence-electron chi connectivity index (χ0n) is 18.7. The first-order chi connectivity index (χ1) is 15.9. The van der Waals surface area contributed by atoms with Gasteiger partial charge in [0, 0.05) is 28.0 Å². The van der Waals surface area contributed by atoms with Gasteiger partial charge in [-0.25, -0.2) is 0 Å². The van der Waals surface area contributed by atoms with Gasteiger partial charge in [-0.3, -0.25) is 9.59 Å². The molecule has 0 spiro atoms. The lowest BCUT2D eigenvalue weighted by atomic mass is 9.83. The van der Waals surface area contributed by atoms with Crippen molar-refractivity contribution in [1.29, 1.82) is 0 Å². The first-order valence-electron chi connectivity index (χ1n) is 11.3. The molecule has 2 N–H and O–H groups in total. The fourth-order valence-electron chi connectivity index (χ4n) is 4.83. The Labute approximate surface area is 208 Å². The van der Waals surface area contributed by atoms with Crippen LogP contribution in [0.25, 0.3) is 0 Å². The number of benzene rings is 2. The topological polar surface area (TPSA) is 81.1 Å². The van der Waals surface area contributed by atoms with Gasteiger partial charge >= 0.3 is 0 Å². The molecule has 3 atom stereocenters. The fourth-order valence-corrected chi connectivity index (χ4v) is 5.32. The van der Waals surface area contributed by atoms with Gasteiger partial charge in [0.05, 0.1) is 24.9 Å². The summed E-state index contributed by atoms with van der Waals surface area (Å²) in [5.41, 5.74) is 0.591. The third kappa shape index (κ3) is 4.58. The Morgan fingerprint density at radius 1 is 1.27 bits per heavy atom. The van der Waals surface area contributed by atoms with Crippen LogP contribution in [-0.4, -0.2) is 46.1 Å². The number of carbonyl (C=O) groups excluding carboxylic acids is 2. The molecule has 2 aromatic carbocycles. The summed E-state index contributed by atoms with van der Waals surface area (Å²) in [6, 6.07) is 15.3. The Bertz CT molecular complexity index is 1060. The maximum Gasteiger partial charge on any atom is 0.264 e. The Morgan fingerprint density at radius 3 is 2.76 bits per heavy atom. The standard InChI is InChI=1S/C26H29IN2O4/c1-18(7-5-11-24(31)28-14-6-10-21(28)17-30)26(33)22-15-20(27)12-13-23(22)29(25(26)32)16-19-8-3-2-4-9-19/h2-5,7-9,12-13,15,18,21,30,33H,6,10-11,14,16-17H2,1H3/b7-5+/t18-,21+,26+/m1/s1. The van der Waals surface area contributed by atoms with Crippen LogP contribution >= 0.6 is 22.6 Å². The van der Waals surface area contributed by atoms with E-state index in [0.29, 0.717) is 24.3 Å². The second-order valence-corrected chi connectivity index (χ2v) is 10.0. The molecule has 0 aliphatic carbocycles. The van der Waals surface area contributed by atoms with Crippen LogP contribution in [0.4, 0.5) is 5.69 Å². The quantitative estimate of drug-likeness (QED) is 0.401.